The van der Waals surface area contributed by atoms with Crippen LogP contribution in [0.15, 0.2) is 23.2 Å². The van der Waals surface area contributed by atoms with Crippen LogP contribution in [0.2, 0.25) is 0 Å². The summed E-state index contributed by atoms with van der Waals surface area (Å²) in [5.41, 5.74) is 0.927. The number of nitrogens with zero attached hydrogens (tertiary/aromatic N) is 2. The predicted octanol–water partition coefficient (Wildman–Crippen LogP) is 3.48. The van der Waals surface area contributed by atoms with Crippen LogP contribution in [-0.2, 0) is 11.3 Å². The summed E-state index contributed by atoms with van der Waals surface area (Å²) in [5.74, 6) is -0.364. The van der Waals surface area contributed by atoms with Gasteiger partial charge in [0.25, 0.3) is 0 Å². The Bertz CT molecular complexity index is 657. The fourth-order valence-electron chi connectivity index (χ4n) is 1.93. The summed E-state index contributed by atoms with van der Waals surface area (Å²) in [6.07, 6.45) is 2.31. The number of fused-ring (bicyclic) bond motifs is 1. The Morgan fingerprint density at radius 2 is 2.21 bits per heavy atom. The summed E-state index contributed by atoms with van der Waals surface area (Å²) in [4.78, 5) is 16.5. The lowest BCUT2D eigenvalue weighted by atomic mass is 10.2. The fourth-order valence-corrected chi connectivity index (χ4v) is 3.06. The van der Waals surface area contributed by atoms with Crippen LogP contribution in [0, 0.1) is 5.82 Å². The summed E-state index contributed by atoms with van der Waals surface area (Å²) in [5, 5.41) is 0. The average Bonchev–Trinajstić information content (AvgIpc) is 2.72. The van der Waals surface area contributed by atoms with Crippen molar-refractivity contribution < 1.29 is 9.18 Å². The molecule has 0 radical (unpaired) electrons. The van der Waals surface area contributed by atoms with Gasteiger partial charge in [0.05, 0.1) is 10.2 Å². The Kier molecular flexibility index (Phi) is 4.47. The molecule has 0 bridgehead atoms. The molecule has 0 N–H and O–H groups in total. The average molecular weight is 280 g/mol. The van der Waals surface area contributed by atoms with Crippen molar-refractivity contribution in [2.24, 2.45) is 4.99 Å². The molecule has 0 atom stereocenters. The van der Waals surface area contributed by atoms with E-state index in [0.29, 0.717) is 17.8 Å². The molecule has 0 aliphatic rings. The summed E-state index contributed by atoms with van der Waals surface area (Å²) in [6, 6.07) is 4.66. The number of aromatic nitrogens is 1. The number of hydrogen-bond donors (Lipinski definition) is 0. The van der Waals surface area contributed by atoms with Gasteiger partial charge in [-0.15, -0.1) is 0 Å². The van der Waals surface area contributed by atoms with Gasteiger partial charge in [-0.05, 0) is 31.5 Å². The third-order valence-corrected chi connectivity index (χ3v) is 3.97. The van der Waals surface area contributed by atoms with E-state index in [4.69, 9.17) is 0 Å². The number of halogens is 1. The molecule has 1 amide bonds. The second-order valence-electron chi connectivity index (χ2n) is 4.35. The van der Waals surface area contributed by atoms with Gasteiger partial charge in [0.2, 0.25) is 5.91 Å². The van der Waals surface area contributed by atoms with Crippen LogP contribution in [0.1, 0.15) is 33.1 Å². The lowest BCUT2D eigenvalue weighted by Gasteiger charge is -1.99. The van der Waals surface area contributed by atoms with Gasteiger partial charge in [-0.25, -0.2) is 4.39 Å². The number of rotatable bonds is 4. The molecule has 5 heteroatoms. The molecule has 3 nitrogen and oxygen atoms in total. The van der Waals surface area contributed by atoms with E-state index in [9.17, 15) is 9.18 Å². The Balaban J connectivity index is 2.47. The summed E-state index contributed by atoms with van der Waals surface area (Å²) < 4.78 is 16.0. The maximum Gasteiger partial charge on any atom is 0.248 e. The minimum Gasteiger partial charge on any atom is -0.317 e. The molecule has 0 saturated carbocycles. The van der Waals surface area contributed by atoms with Gasteiger partial charge in [-0.2, -0.15) is 4.99 Å². The molecule has 0 unspecified atom stereocenters. The third kappa shape index (κ3) is 3.10. The SMILES string of the molecule is CCCCC(=O)N=c1sc2cc(F)ccc2n1CC. The third-order valence-electron chi connectivity index (χ3n) is 2.93. The van der Waals surface area contributed by atoms with E-state index in [0.717, 1.165) is 23.1 Å². The molecule has 102 valence electrons. The molecule has 1 aromatic carbocycles. The minimum absolute atomic E-state index is 0.101. The summed E-state index contributed by atoms with van der Waals surface area (Å²) in [6.45, 7) is 4.75. The van der Waals surface area contributed by atoms with Crippen molar-refractivity contribution >= 4 is 27.5 Å². The van der Waals surface area contributed by atoms with Crippen LogP contribution in [0.5, 0.6) is 0 Å². The van der Waals surface area contributed by atoms with Crippen LogP contribution >= 0.6 is 11.3 Å². The highest BCUT2D eigenvalue weighted by atomic mass is 32.1. The second kappa shape index (κ2) is 6.10. The Hall–Kier alpha value is -1.49. The van der Waals surface area contributed by atoms with E-state index in [2.05, 4.69) is 4.99 Å². The highest BCUT2D eigenvalue weighted by Gasteiger charge is 2.07. The number of thiazole rings is 1. The standard InChI is InChI=1S/C14H17FN2OS/c1-3-5-6-13(18)16-14-17(4-2)11-8-7-10(15)9-12(11)19-14/h7-9H,3-6H2,1-2H3. The number of carbonyl (C=O) groups excluding carboxylic acids is 1. The minimum atomic E-state index is -0.263. The Morgan fingerprint density at radius 3 is 2.89 bits per heavy atom. The van der Waals surface area contributed by atoms with Gasteiger partial charge in [0.1, 0.15) is 5.82 Å². The second-order valence-corrected chi connectivity index (χ2v) is 5.36. The van der Waals surface area contributed by atoms with Crippen molar-refractivity contribution in [1.82, 2.24) is 4.57 Å². The maximum atomic E-state index is 13.2. The highest BCUT2D eigenvalue weighted by Crippen LogP contribution is 2.18. The van der Waals surface area contributed by atoms with Crippen LogP contribution in [0.4, 0.5) is 4.39 Å². The number of aryl methyl sites for hydroxylation is 1. The van der Waals surface area contributed by atoms with Gasteiger partial charge in [0.15, 0.2) is 4.80 Å². The lowest BCUT2D eigenvalue weighted by molar-refractivity contribution is -0.118. The molecule has 0 fully saturated rings. The van der Waals surface area contributed by atoms with E-state index >= 15 is 0 Å². The highest BCUT2D eigenvalue weighted by molar-refractivity contribution is 7.16. The molecular formula is C14H17FN2OS. The first-order chi connectivity index (χ1) is 9.15. The molecule has 0 aliphatic carbocycles. The first-order valence-electron chi connectivity index (χ1n) is 6.52. The topological polar surface area (TPSA) is 34.4 Å². The first kappa shape index (κ1) is 13.9. The Labute approximate surface area is 115 Å². The Morgan fingerprint density at radius 1 is 1.42 bits per heavy atom. The van der Waals surface area contributed by atoms with Crippen molar-refractivity contribution in [3.05, 3.63) is 28.8 Å². The zero-order chi connectivity index (χ0) is 13.8. The maximum absolute atomic E-state index is 13.2. The number of hydrogen-bond acceptors (Lipinski definition) is 2. The van der Waals surface area contributed by atoms with Crippen LogP contribution < -0.4 is 4.80 Å². The quantitative estimate of drug-likeness (QED) is 0.844. The molecule has 0 aliphatic heterocycles. The van der Waals surface area contributed by atoms with Crippen LogP contribution in [-0.4, -0.2) is 10.5 Å². The molecule has 1 heterocycles. The smallest absolute Gasteiger partial charge is 0.248 e. The van der Waals surface area contributed by atoms with Crippen LogP contribution in [0.3, 0.4) is 0 Å². The van der Waals surface area contributed by atoms with Gasteiger partial charge < -0.3 is 4.57 Å². The number of unbranched alkanes of at least 4 members (excludes halogenated alkanes) is 1. The number of amides is 1. The summed E-state index contributed by atoms with van der Waals surface area (Å²) >= 11 is 1.36. The van der Waals surface area contributed by atoms with Crippen molar-refractivity contribution in [1.29, 1.82) is 0 Å². The number of benzene rings is 1. The molecule has 2 rings (SSSR count). The zero-order valence-corrected chi connectivity index (χ0v) is 12.0. The van der Waals surface area contributed by atoms with Gasteiger partial charge in [-0.3, -0.25) is 4.79 Å². The molecular weight excluding hydrogens is 263 g/mol. The lowest BCUT2D eigenvalue weighted by Crippen LogP contribution is -2.15. The normalized spacial score (nSPS) is 12.3. The van der Waals surface area contributed by atoms with Crippen molar-refractivity contribution in [3.8, 4) is 0 Å². The van der Waals surface area contributed by atoms with E-state index in [1.807, 2.05) is 18.4 Å². The van der Waals surface area contributed by atoms with Crippen molar-refractivity contribution in [2.45, 2.75) is 39.7 Å². The molecule has 2 aromatic rings. The van der Waals surface area contributed by atoms with Crippen molar-refractivity contribution in [3.63, 3.8) is 0 Å². The zero-order valence-electron chi connectivity index (χ0n) is 11.1. The number of carbonyl (C=O) groups is 1. The summed E-state index contributed by atoms with van der Waals surface area (Å²) in [7, 11) is 0. The monoisotopic (exact) mass is 280 g/mol. The predicted molar refractivity (Wildman–Crippen MR) is 75.5 cm³/mol. The first-order valence-corrected chi connectivity index (χ1v) is 7.33. The largest absolute Gasteiger partial charge is 0.317 e. The molecule has 19 heavy (non-hydrogen) atoms. The fraction of sp³-hybridized carbons (Fsp3) is 0.429. The van der Waals surface area contributed by atoms with Crippen molar-refractivity contribution in [2.75, 3.05) is 0 Å². The molecule has 0 saturated heterocycles. The van der Waals surface area contributed by atoms with Gasteiger partial charge in [0, 0.05) is 13.0 Å². The van der Waals surface area contributed by atoms with E-state index in [1.165, 1.54) is 23.5 Å². The van der Waals surface area contributed by atoms with Gasteiger partial charge in [-0.1, -0.05) is 24.7 Å². The molecule has 0 spiro atoms. The van der Waals surface area contributed by atoms with E-state index in [-0.39, 0.29) is 11.7 Å². The molecule has 1 aromatic heterocycles. The van der Waals surface area contributed by atoms with Gasteiger partial charge >= 0.3 is 0 Å². The van der Waals surface area contributed by atoms with E-state index < -0.39 is 0 Å². The van der Waals surface area contributed by atoms with E-state index in [1.54, 1.807) is 6.07 Å². The van der Waals surface area contributed by atoms with Crippen LogP contribution in [0.25, 0.3) is 10.2 Å².